The maximum atomic E-state index is 13.0. The van der Waals surface area contributed by atoms with Crippen molar-refractivity contribution in [2.45, 2.75) is 36.6 Å². The number of pyridine rings is 1. The van der Waals surface area contributed by atoms with Crippen LogP contribution < -0.4 is 10.3 Å². The molecule has 3 heterocycles. The zero-order valence-corrected chi connectivity index (χ0v) is 19.4. The molecule has 0 atom stereocenters. The standard InChI is InChI=1S/C23H25N3O4S2/c1-17-5-2-6-18(15-17)16-26-11-3-7-20(23(26)28)22(27)25-12-9-19(10-13-25)24-32(29,30)21-8-4-14-31-21/h2-8,11,14-15,19,24H,9-10,12-13,16H2,1H3. The van der Waals surface area contributed by atoms with Crippen molar-refractivity contribution >= 4 is 27.3 Å². The Kier molecular flexibility index (Phi) is 6.59. The van der Waals surface area contributed by atoms with Gasteiger partial charge >= 0.3 is 0 Å². The van der Waals surface area contributed by atoms with Crippen LogP contribution in [0.4, 0.5) is 0 Å². The highest BCUT2D eigenvalue weighted by molar-refractivity contribution is 7.91. The van der Waals surface area contributed by atoms with E-state index in [1.54, 1.807) is 45.3 Å². The number of carbonyl (C=O) groups excluding carboxylic acids is 1. The predicted molar refractivity (Wildman–Crippen MR) is 125 cm³/mol. The molecule has 168 valence electrons. The van der Waals surface area contributed by atoms with Crippen molar-refractivity contribution in [2.75, 3.05) is 13.1 Å². The van der Waals surface area contributed by atoms with E-state index in [2.05, 4.69) is 4.72 Å². The number of likely N-dealkylation sites (tertiary alicyclic amines) is 1. The molecule has 0 spiro atoms. The van der Waals surface area contributed by atoms with E-state index in [1.807, 2.05) is 31.2 Å². The Morgan fingerprint density at radius 1 is 1.12 bits per heavy atom. The molecule has 0 saturated carbocycles. The molecule has 0 unspecified atom stereocenters. The van der Waals surface area contributed by atoms with Crippen LogP contribution in [-0.2, 0) is 16.6 Å². The number of piperidine rings is 1. The molecule has 1 saturated heterocycles. The number of hydrogen-bond acceptors (Lipinski definition) is 5. The molecule has 1 aliphatic rings. The summed E-state index contributed by atoms with van der Waals surface area (Å²) in [4.78, 5) is 27.6. The van der Waals surface area contributed by atoms with Gasteiger partial charge in [0.15, 0.2) is 0 Å². The highest BCUT2D eigenvalue weighted by Gasteiger charge is 2.28. The SMILES string of the molecule is Cc1cccc(Cn2cccc(C(=O)N3CCC(NS(=O)(=O)c4cccs4)CC3)c2=O)c1. The summed E-state index contributed by atoms with van der Waals surface area (Å²) in [5.74, 6) is -0.312. The van der Waals surface area contributed by atoms with Crippen LogP contribution in [0, 0.1) is 6.92 Å². The van der Waals surface area contributed by atoms with Gasteiger partial charge in [0.2, 0.25) is 10.0 Å². The fraction of sp³-hybridized carbons (Fsp3) is 0.304. The van der Waals surface area contributed by atoms with E-state index in [9.17, 15) is 18.0 Å². The van der Waals surface area contributed by atoms with Crippen molar-refractivity contribution in [3.63, 3.8) is 0 Å². The lowest BCUT2D eigenvalue weighted by Crippen LogP contribution is -2.47. The maximum Gasteiger partial charge on any atom is 0.263 e. The summed E-state index contributed by atoms with van der Waals surface area (Å²) in [6.45, 7) is 3.18. The number of hydrogen-bond donors (Lipinski definition) is 1. The lowest BCUT2D eigenvalue weighted by Gasteiger charge is -2.32. The maximum absolute atomic E-state index is 13.0. The third-order valence-electron chi connectivity index (χ3n) is 5.55. The summed E-state index contributed by atoms with van der Waals surface area (Å²) in [5.41, 5.74) is 1.92. The van der Waals surface area contributed by atoms with E-state index in [0.29, 0.717) is 32.5 Å². The molecule has 1 aromatic carbocycles. The van der Waals surface area contributed by atoms with Crippen LogP contribution in [0.1, 0.15) is 34.3 Å². The largest absolute Gasteiger partial charge is 0.338 e. The first-order valence-electron chi connectivity index (χ1n) is 10.4. The molecule has 2 aromatic heterocycles. The number of sulfonamides is 1. The molecule has 1 aliphatic heterocycles. The fourth-order valence-electron chi connectivity index (χ4n) is 3.90. The molecule has 9 heteroatoms. The Bertz CT molecular complexity index is 1260. The molecule has 1 fully saturated rings. The average molecular weight is 472 g/mol. The monoisotopic (exact) mass is 471 g/mol. The van der Waals surface area contributed by atoms with Gasteiger partial charge in [0.05, 0.1) is 6.54 Å². The highest BCUT2D eigenvalue weighted by Crippen LogP contribution is 2.19. The van der Waals surface area contributed by atoms with Crippen molar-refractivity contribution in [2.24, 2.45) is 0 Å². The first kappa shape index (κ1) is 22.4. The van der Waals surface area contributed by atoms with Gasteiger partial charge in [0.1, 0.15) is 9.77 Å². The van der Waals surface area contributed by atoms with E-state index in [-0.39, 0.29) is 27.3 Å². The van der Waals surface area contributed by atoms with Crippen molar-refractivity contribution in [3.05, 3.63) is 87.2 Å². The minimum absolute atomic E-state index is 0.137. The Morgan fingerprint density at radius 3 is 2.59 bits per heavy atom. The zero-order chi connectivity index (χ0) is 22.7. The second kappa shape index (κ2) is 9.40. The Labute approximate surface area is 191 Å². The van der Waals surface area contributed by atoms with Gasteiger partial charge in [-0.3, -0.25) is 9.59 Å². The Balaban J connectivity index is 1.42. The van der Waals surface area contributed by atoms with Gasteiger partial charge in [-0.25, -0.2) is 13.1 Å². The van der Waals surface area contributed by atoms with E-state index >= 15 is 0 Å². The van der Waals surface area contributed by atoms with Crippen LogP contribution in [0.3, 0.4) is 0 Å². The van der Waals surface area contributed by atoms with Crippen LogP contribution in [0.5, 0.6) is 0 Å². The van der Waals surface area contributed by atoms with Gasteiger partial charge < -0.3 is 9.47 Å². The molecule has 4 rings (SSSR count). The molecule has 32 heavy (non-hydrogen) atoms. The number of carbonyl (C=O) groups is 1. The number of nitrogens with zero attached hydrogens (tertiary/aromatic N) is 2. The van der Waals surface area contributed by atoms with E-state index in [4.69, 9.17) is 0 Å². The average Bonchev–Trinajstić information content (AvgIpc) is 3.31. The molecule has 0 radical (unpaired) electrons. The minimum Gasteiger partial charge on any atom is -0.338 e. The van der Waals surface area contributed by atoms with Gasteiger partial charge in [-0.15, -0.1) is 11.3 Å². The van der Waals surface area contributed by atoms with Crippen molar-refractivity contribution < 1.29 is 13.2 Å². The Morgan fingerprint density at radius 2 is 1.91 bits per heavy atom. The van der Waals surface area contributed by atoms with Crippen LogP contribution in [0.25, 0.3) is 0 Å². The van der Waals surface area contributed by atoms with Crippen molar-refractivity contribution in [1.82, 2.24) is 14.2 Å². The third-order valence-corrected chi connectivity index (χ3v) is 8.47. The highest BCUT2D eigenvalue weighted by atomic mass is 32.2. The van der Waals surface area contributed by atoms with E-state index in [0.717, 1.165) is 11.1 Å². The van der Waals surface area contributed by atoms with Crippen LogP contribution in [0.2, 0.25) is 0 Å². The molecule has 0 aliphatic carbocycles. The number of nitrogens with one attached hydrogen (secondary N) is 1. The minimum atomic E-state index is -3.54. The molecule has 1 amide bonds. The lowest BCUT2D eigenvalue weighted by atomic mass is 10.1. The quantitative estimate of drug-likeness (QED) is 0.599. The summed E-state index contributed by atoms with van der Waals surface area (Å²) in [5, 5.41) is 1.72. The van der Waals surface area contributed by atoms with Gasteiger partial charge in [0, 0.05) is 25.3 Å². The molecular weight excluding hydrogens is 446 g/mol. The Hall–Kier alpha value is -2.75. The van der Waals surface area contributed by atoms with Crippen LogP contribution >= 0.6 is 11.3 Å². The molecular formula is C23H25N3O4S2. The molecule has 0 bridgehead atoms. The second-order valence-corrected chi connectivity index (χ2v) is 10.9. The van der Waals surface area contributed by atoms with Gasteiger partial charge in [-0.2, -0.15) is 0 Å². The van der Waals surface area contributed by atoms with Crippen LogP contribution in [-0.4, -0.2) is 42.9 Å². The first-order valence-corrected chi connectivity index (χ1v) is 12.8. The topological polar surface area (TPSA) is 88.5 Å². The smallest absolute Gasteiger partial charge is 0.263 e. The molecule has 3 aromatic rings. The number of amides is 1. The van der Waals surface area contributed by atoms with Gasteiger partial charge in [-0.05, 0) is 48.9 Å². The second-order valence-electron chi connectivity index (χ2n) is 7.96. The van der Waals surface area contributed by atoms with Crippen molar-refractivity contribution in [3.8, 4) is 0 Å². The first-order chi connectivity index (χ1) is 15.3. The van der Waals surface area contributed by atoms with Crippen molar-refractivity contribution in [1.29, 1.82) is 0 Å². The summed E-state index contributed by atoms with van der Waals surface area (Å²) in [6, 6.07) is 14.2. The molecule has 7 nitrogen and oxygen atoms in total. The summed E-state index contributed by atoms with van der Waals surface area (Å²) in [7, 11) is -3.54. The van der Waals surface area contributed by atoms with Crippen LogP contribution in [0.15, 0.2) is 69.1 Å². The number of aryl methyl sites for hydroxylation is 1. The number of thiophene rings is 1. The van der Waals surface area contributed by atoms with Gasteiger partial charge in [0.25, 0.3) is 11.5 Å². The number of benzene rings is 1. The zero-order valence-electron chi connectivity index (χ0n) is 17.7. The van der Waals surface area contributed by atoms with E-state index in [1.165, 1.54) is 11.3 Å². The van der Waals surface area contributed by atoms with Gasteiger partial charge in [-0.1, -0.05) is 35.9 Å². The fourth-order valence-corrected chi connectivity index (χ4v) is 6.21. The predicted octanol–water partition coefficient (Wildman–Crippen LogP) is 2.85. The lowest BCUT2D eigenvalue weighted by molar-refractivity contribution is 0.0709. The third kappa shape index (κ3) is 5.01. The normalized spacial score (nSPS) is 15.1. The van der Waals surface area contributed by atoms with E-state index < -0.39 is 10.0 Å². The summed E-state index contributed by atoms with van der Waals surface area (Å²) < 4.78 is 29.4. The number of aromatic nitrogens is 1. The number of rotatable bonds is 6. The summed E-state index contributed by atoms with van der Waals surface area (Å²) in [6.07, 6.45) is 2.69. The molecule has 1 N–H and O–H groups in total. The summed E-state index contributed by atoms with van der Waals surface area (Å²) >= 11 is 1.17.